The first-order valence-corrected chi connectivity index (χ1v) is 4.66. The Morgan fingerprint density at radius 3 is 3.15 bits per heavy atom. The van der Waals surface area contributed by atoms with Gasteiger partial charge in [0.1, 0.15) is 5.60 Å². The van der Waals surface area contributed by atoms with E-state index in [-0.39, 0.29) is 12.5 Å². The topological polar surface area (TPSA) is 59.4 Å². The van der Waals surface area contributed by atoms with Crippen LogP contribution in [0.2, 0.25) is 0 Å². The Labute approximate surface area is 77.5 Å². The quantitative estimate of drug-likeness (QED) is 0.679. The van der Waals surface area contributed by atoms with Gasteiger partial charge >= 0.3 is 0 Å². The number of aryl methyl sites for hydroxylation is 1. The number of hydrogen-bond donors (Lipinski definition) is 2. The van der Waals surface area contributed by atoms with Gasteiger partial charge in [0.05, 0.1) is 12.5 Å². The molecule has 0 bridgehead atoms. The van der Waals surface area contributed by atoms with Gasteiger partial charge in [-0.3, -0.25) is 0 Å². The molecule has 0 saturated heterocycles. The second-order valence-electron chi connectivity index (χ2n) is 3.88. The van der Waals surface area contributed by atoms with Crippen molar-refractivity contribution in [2.75, 3.05) is 6.54 Å². The van der Waals surface area contributed by atoms with Crippen LogP contribution in [0.1, 0.15) is 24.5 Å². The van der Waals surface area contributed by atoms with Crippen molar-refractivity contribution in [2.24, 2.45) is 11.7 Å². The molecule has 0 aliphatic heterocycles. The Hall–Kier alpha value is -0.800. The van der Waals surface area contributed by atoms with Gasteiger partial charge in [0.15, 0.2) is 0 Å². The number of furan rings is 1. The van der Waals surface area contributed by atoms with Gasteiger partial charge in [-0.25, -0.2) is 0 Å². The van der Waals surface area contributed by atoms with Crippen LogP contribution in [0.4, 0.5) is 0 Å². The molecule has 2 rings (SSSR count). The van der Waals surface area contributed by atoms with Gasteiger partial charge in [-0.05, 0) is 24.3 Å². The average Bonchev–Trinajstić information content (AvgIpc) is 2.60. The van der Waals surface area contributed by atoms with E-state index >= 15 is 0 Å². The zero-order chi connectivity index (χ0) is 9.47. The van der Waals surface area contributed by atoms with E-state index in [1.165, 1.54) is 0 Å². The summed E-state index contributed by atoms with van der Waals surface area (Å²) in [5.41, 5.74) is 6.72. The smallest absolute Gasteiger partial charge is 0.108 e. The molecule has 0 aromatic carbocycles. The second kappa shape index (κ2) is 2.86. The first kappa shape index (κ1) is 8.78. The van der Waals surface area contributed by atoms with Crippen LogP contribution in [-0.4, -0.2) is 11.7 Å². The summed E-state index contributed by atoms with van der Waals surface area (Å²) in [5, 5.41) is 10.3. The van der Waals surface area contributed by atoms with Crippen molar-refractivity contribution in [3.8, 4) is 0 Å². The van der Waals surface area contributed by atoms with Crippen molar-refractivity contribution < 1.29 is 9.52 Å². The van der Waals surface area contributed by atoms with E-state index < -0.39 is 5.60 Å². The predicted octanol–water partition coefficient (Wildman–Crippen LogP) is 1.01. The number of rotatable bonds is 1. The molecule has 1 heterocycles. The van der Waals surface area contributed by atoms with Crippen LogP contribution in [0.3, 0.4) is 0 Å². The van der Waals surface area contributed by atoms with E-state index in [2.05, 4.69) is 0 Å². The van der Waals surface area contributed by atoms with E-state index in [0.717, 1.165) is 24.0 Å². The van der Waals surface area contributed by atoms with Gasteiger partial charge in [-0.15, -0.1) is 0 Å². The van der Waals surface area contributed by atoms with Gasteiger partial charge in [-0.1, -0.05) is 6.92 Å². The Morgan fingerprint density at radius 2 is 2.46 bits per heavy atom. The van der Waals surface area contributed by atoms with Crippen LogP contribution in [0.15, 0.2) is 16.9 Å². The summed E-state index contributed by atoms with van der Waals surface area (Å²) < 4.78 is 5.10. The molecule has 0 spiro atoms. The maximum absolute atomic E-state index is 10.3. The van der Waals surface area contributed by atoms with E-state index in [4.69, 9.17) is 10.2 Å². The molecule has 1 aliphatic rings. The van der Waals surface area contributed by atoms with Crippen LogP contribution < -0.4 is 5.73 Å². The molecule has 0 saturated carbocycles. The standard InChI is InChI=1S/C10H15NO2/c1-7-2-3-8-4-13-5-9(8)10(7,12)6-11/h4-5,7,12H,2-3,6,11H2,1H3. The van der Waals surface area contributed by atoms with E-state index in [1.54, 1.807) is 12.5 Å². The SMILES string of the molecule is CC1CCc2cocc2C1(O)CN. The second-order valence-corrected chi connectivity index (χ2v) is 3.88. The lowest BCUT2D eigenvalue weighted by Crippen LogP contribution is -2.43. The summed E-state index contributed by atoms with van der Waals surface area (Å²) >= 11 is 0. The molecule has 1 aromatic rings. The molecular formula is C10H15NO2. The van der Waals surface area contributed by atoms with Crippen LogP contribution in [0, 0.1) is 5.92 Å². The van der Waals surface area contributed by atoms with E-state index in [0.29, 0.717) is 0 Å². The minimum atomic E-state index is -0.874. The summed E-state index contributed by atoms with van der Waals surface area (Å²) in [6.45, 7) is 2.30. The largest absolute Gasteiger partial charge is 0.472 e. The third kappa shape index (κ3) is 1.11. The molecule has 72 valence electrons. The number of nitrogens with two attached hydrogens (primary N) is 1. The van der Waals surface area contributed by atoms with E-state index in [9.17, 15) is 5.11 Å². The third-order valence-electron chi connectivity index (χ3n) is 3.18. The lowest BCUT2D eigenvalue weighted by atomic mass is 9.74. The van der Waals surface area contributed by atoms with Crippen LogP contribution in [0.25, 0.3) is 0 Å². The highest BCUT2D eigenvalue weighted by Gasteiger charge is 2.40. The number of hydrogen-bond acceptors (Lipinski definition) is 3. The minimum Gasteiger partial charge on any atom is -0.472 e. The fraction of sp³-hybridized carbons (Fsp3) is 0.600. The Morgan fingerprint density at radius 1 is 1.69 bits per heavy atom. The van der Waals surface area contributed by atoms with Crippen molar-refractivity contribution in [3.63, 3.8) is 0 Å². The molecular weight excluding hydrogens is 166 g/mol. The first-order chi connectivity index (χ1) is 6.18. The maximum Gasteiger partial charge on any atom is 0.108 e. The zero-order valence-corrected chi connectivity index (χ0v) is 7.79. The average molecular weight is 181 g/mol. The highest BCUT2D eigenvalue weighted by atomic mass is 16.3. The Kier molecular flexibility index (Phi) is 1.93. The third-order valence-corrected chi connectivity index (χ3v) is 3.18. The monoisotopic (exact) mass is 181 g/mol. The van der Waals surface area contributed by atoms with Gasteiger partial charge in [0.2, 0.25) is 0 Å². The molecule has 1 aliphatic carbocycles. The molecule has 3 N–H and O–H groups in total. The summed E-state index contributed by atoms with van der Waals surface area (Å²) in [6.07, 6.45) is 5.29. The summed E-state index contributed by atoms with van der Waals surface area (Å²) in [5.74, 6) is 0.211. The van der Waals surface area contributed by atoms with Gasteiger partial charge in [0, 0.05) is 12.1 Å². The van der Waals surface area contributed by atoms with E-state index in [1.807, 2.05) is 6.92 Å². The van der Waals surface area contributed by atoms with Crippen molar-refractivity contribution in [2.45, 2.75) is 25.4 Å². The van der Waals surface area contributed by atoms with Crippen molar-refractivity contribution in [3.05, 3.63) is 23.7 Å². The van der Waals surface area contributed by atoms with Gasteiger partial charge in [-0.2, -0.15) is 0 Å². The molecule has 3 nitrogen and oxygen atoms in total. The number of fused-ring (bicyclic) bond motifs is 1. The summed E-state index contributed by atoms with van der Waals surface area (Å²) in [7, 11) is 0. The first-order valence-electron chi connectivity index (χ1n) is 4.66. The molecule has 0 fully saturated rings. The minimum absolute atomic E-state index is 0.211. The normalized spacial score (nSPS) is 33.0. The molecule has 2 atom stereocenters. The summed E-state index contributed by atoms with van der Waals surface area (Å²) in [4.78, 5) is 0. The molecule has 13 heavy (non-hydrogen) atoms. The van der Waals surface area contributed by atoms with Gasteiger partial charge in [0.25, 0.3) is 0 Å². The predicted molar refractivity (Wildman–Crippen MR) is 49.1 cm³/mol. The van der Waals surface area contributed by atoms with Crippen LogP contribution in [0.5, 0.6) is 0 Å². The lowest BCUT2D eigenvalue weighted by molar-refractivity contribution is -0.0190. The van der Waals surface area contributed by atoms with Crippen LogP contribution in [-0.2, 0) is 12.0 Å². The molecule has 1 aromatic heterocycles. The molecule has 0 radical (unpaired) electrons. The highest BCUT2D eigenvalue weighted by molar-refractivity contribution is 5.31. The van der Waals surface area contributed by atoms with Crippen molar-refractivity contribution in [1.82, 2.24) is 0 Å². The molecule has 2 unspecified atom stereocenters. The summed E-state index contributed by atoms with van der Waals surface area (Å²) in [6, 6.07) is 0. The number of aliphatic hydroxyl groups is 1. The maximum atomic E-state index is 10.3. The lowest BCUT2D eigenvalue weighted by Gasteiger charge is -2.36. The van der Waals surface area contributed by atoms with Gasteiger partial charge < -0.3 is 15.3 Å². The fourth-order valence-corrected chi connectivity index (χ4v) is 2.08. The van der Waals surface area contributed by atoms with Crippen molar-refractivity contribution >= 4 is 0 Å². The Bertz CT molecular complexity index is 308. The van der Waals surface area contributed by atoms with Crippen LogP contribution >= 0.6 is 0 Å². The van der Waals surface area contributed by atoms with Crippen molar-refractivity contribution in [1.29, 1.82) is 0 Å². The highest BCUT2D eigenvalue weighted by Crippen LogP contribution is 2.39. The fourth-order valence-electron chi connectivity index (χ4n) is 2.08. The Balaban J connectivity index is 2.47. The molecule has 3 heteroatoms. The zero-order valence-electron chi connectivity index (χ0n) is 7.79. The molecule has 0 amide bonds.